The van der Waals surface area contributed by atoms with Crippen LogP contribution in [0.15, 0.2) is 24.3 Å². The van der Waals surface area contributed by atoms with Crippen molar-refractivity contribution in [2.75, 3.05) is 11.9 Å². The summed E-state index contributed by atoms with van der Waals surface area (Å²) in [4.78, 5) is 37.2. The van der Waals surface area contributed by atoms with Gasteiger partial charge in [-0.1, -0.05) is 23.7 Å². The van der Waals surface area contributed by atoms with Gasteiger partial charge >= 0.3 is 0 Å². The average molecular weight is 328 g/mol. The van der Waals surface area contributed by atoms with E-state index in [0.717, 1.165) is 6.42 Å². The number of imide groups is 1. The topological polar surface area (TPSA) is 121 Å². The minimum Gasteiger partial charge on any atom is -0.292 e. The Morgan fingerprint density at radius 3 is 2.42 bits per heavy atom. The largest absolute Gasteiger partial charge is 0.292 e. The van der Waals surface area contributed by atoms with E-state index in [1.165, 1.54) is 4.90 Å². The molecule has 2 heterocycles. The van der Waals surface area contributed by atoms with Gasteiger partial charge in [0.2, 0.25) is 5.91 Å². The molecule has 0 radical (unpaired) electrons. The van der Waals surface area contributed by atoms with Crippen LogP contribution in [0, 0.1) is 0 Å². The minimum absolute atomic E-state index is 0.144. The maximum absolute atomic E-state index is 12.2. The van der Waals surface area contributed by atoms with Gasteiger partial charge in [-0.25, -0.2) is 0 Å². The first-order valence-corrected chi connectivity index (χ1v) is 7.65. The number of anilines is 1. The van der Waals surface area contributed by atoms with Crippen LogP contribution in [0.25, 0.3) is 0 Å². The van der Waals surface area contributed by atoms with Crippen LogP contribution < -0.4 is 5.32 Å². The first-order chi connectivity index (χ1) is 11.7. The first-order valence-electron chi connectivity index (χ1n) is 7.65. The molecule has 0 saturated heterocycles. The van der Waals surface area contributed by atoms with Gasteiger partial charge in [-0.15, -0.1) is 5.10 Å². The third-order valence-electron chi connectivity index (χ3n) is 3.76. The van der Waals surface area contributed by atoms with Gasteiger partial charge in [-0.3, -0.25) is 24.6 Å². The van der Waals surface area contributed by atoms with Crippen molar-refractivity contribution in [1.82, 2.24) is 25.5 Å². The quantitative estimate of drug-likeness (QED) is 0.577. The highest BCUT2D eigenvalue weighted by Gasteiger charge is 2.34. The summed E-state index contributed by atoms with van der Waals surface area (Å²) in [6.07, 6.45) is 2.34. The number of tetrazole rings is 1. The molecule has 1 aromatic carbocycles. The van der Waals surface area contributed by atoms with Crippen LogP contribution in [-0.2, 0) is 4.79 Å². The third-order valence-corrected chi connectivity index (χ3v) is 3.76. The molecule has 3 rings (SSSR count). The van der Waals surface area contributed by atoms with Gasteiger partial charge in [0, 0.05) is 13.0 Å². The fraction of sp³-hybridized carbons (Fsp3) is 0.333. The highest BCUT2D eigenvalue weighted by atomic mass is 16.2. The molecule has 1 aromatic heterocycles. The van der Waals surface area contributed by atoms with Crippen LogP contribution >= 0.6 is 0 Å². The standard InChI is InChI=1S/C15H16N6O3/c22-12(16-15-17-19-20-18-15)8-2-1-5-9-21-13(23)10-6-3-4-7-11(10)14(21)24/h3-4,6-7H,1-2,5,8-9H2,(H2,16,17,18,19,20,22). The second kappa shape index (κ2) is 6.99. The van der Waals surface area contributed by atoms with Gasteiger partial charge in [0.1, 0.15) is 0 Å². The van der Waals surface area contributed by atoms with Crippen LogP contribution in [0.2, 0.25) is 0 Å². The van der Waals surface area contributed by atoms with Crippen molar-refractivity contribution < 1.29 is 14.4 Å². The van der Waals surface area contributed by atoms with Crippen molar-refractivity contribution in [1.29, 1.82) is 0 Å². The van der Waals surface area contributed by atoms with Gasteiger partial charge in [0.15, 0.2) is 0 Å². The molecule has 24 heavy (non-hydrogen) atoms. The number of hydrogen-bond donors (Lipinski definition) is 2. The van der Waals surface area contributed by atoms with E-state index in [-0.39, 0.29) is 23.7 Å². The van der Waals surface area contributed by atoms with Gasteiger partial charge in [0.25, 0.3) is 17.8 Å². The molecule has 0 spiro atoms. The monoisotopic (exact) mass is 328 g/mol. The van der Waals surface area contributed by atoms with E-state index in [9.17, 15) is 14.4 Å². The molecule has 1 aliphatic rings. The summed E-state index contributed by atoms with van der Waals surface area (Å²) in [6.45, 7) is 0.360. The zero-order valence-electron chi connectivity index (χ0n) is 12.9. The molecule has 9 nitrogen and oxygen atoms in total. The summed E-state index contributed by atoms with van der Waals surface area (Å²) >= 11 is 0. The van der Waals surface area contributed by atoms with E-state index >= 15 is 0 Å². The second-order valence-corrected chi connectivity index (χ2v) is 5.40. The number of carbonyl (C=O) groups excluding carboxylic acids is 3. The van der Waals surface area contributed by atoms with Crippen molar-refractivity contribution in [2.24, 2.45) is 0 Å². The van der Waals surface area contributed by atoms with Crippen molar-refractivity contribution >= 4 is 23.7 Å². The molecule has 0 aliphatic carbocycles. The number of nitrogens with one attached hydrogen (secondary N) is 2. The number of rotatable bonds is 7. The average Bonchev–Trinajstić information content (AvgIpc) is 3.17. The molecular weight excluding hydrogens is 312 g/mol. The smallest absolute Gasteiger partial charge is 0.269 e. The zero-order valence-corrected chi connectivity index (χ0v) is 12.9. The Bertz CT molecular complexity index is 723. The number of amides is 3. The van der Waals surface area contributed by atoms with Crippen LogP contribution in [0.3, 0.4) is 0 Å². The van der Waals surface area contributed by atoms with E-state index in [4.69, 9.17) is 0 Å². The summed E-state index contributed by atoms with van der Waals surface area (Å²) in [5.41, 5.74) is 0.920. The number of fused-ring (bicyclic) bond motifs is 1. The Balaban J connectivity index is 1.39. The van der Waals surface area contributed by atoms with Gasteiger partial charge in [-0.2, -0.15) is 5.21 Å². The zero-order chi connectivity index (χ0) is 16.9. The van der Waals surface area contributed by atoms with E-state index in [1.807, 2.05) is 0 Å². The third kappa shape index (κ3) is 3.29. The van der Waals surface area contributed by atoms with Crippen LogP contribution in [-0.4, -0.2) is 49.8 Å². The van der Waals surface area contributed by atoms with E-state index < -0.39 is 0 Å². The number of carbonyl (C=O) groups is 3. The molecule has 1 aliphatic heterocycles. The van der Waals surface area contributed by atoms with E-state index in [0.29, 0.717) is 36.9 Å². The number of aromatic nitrogens is 4. The number of aromatic amines is 1. The first kappa shape index (κ1) is 15.8. The predicted molar refractivity (Wildman–Crippen MR) is 83.1 cm³/mol. The molecule has 0 atom stereocenters. The summed E-state index contributed by atoms with van der Waals surface area (Å²) in [5, 5.41) is 15.3. The van der Waals surface area contributed by atoms with Crippen molar-refractivity contribution in [3.8, 4) is 0 Å². The highest BCUT2D eigenvalue weighted by Crippen LogP contribution is 2.22. The molecule has 0 unspecified atom stereocenters. The van der Waals surface area contributed by atoms with Crippen LogP contribution in [0.1, 0.15) is 46.4 Å². The molecule has 2 N–H and O–H groups in total. The SMILES string of the molecule is O=C(CCCCCN1C(=O)c2ccccc2C1=O)Nc1nn[nH]n1. The molecule has 0 bridgehead atoms. The number of unbranched alkanes of at least 4 members (excludes halogenated alkanes) is 2. The van der Waals surface area contributed by atoms with Crippen LogP contribution in [0.4, 0.5) is 5.95 Å². The van der Waals surface area contributed by atoms with Crippen LogP contribution in [0.5, 0.6) is 0 Å². The lowest BCUT2D eigenvalue weighted by atomic mass is 10.1. The normalized spacial score (nSPS) is 13.2. The Labute approximate surface area is 137 Å². The second-order valence-electron chi connectivity index (χ2n) is 5.40. The van der Waals surface area contributed by atoms with Gasteiger partial charge in [0.05, 0.1) is 11.1 Å². The van der Waals surface area contributed by atoms with Crippen molar-refractivity contribution in [3.05, 3.63) is 35.4 Å². The number of nitrogens with zero attached hydrogens (tertiary/aromatic N) is 4. The lowest BCUT2D eigenvalue weighted by molar-refractivity contribution is -0.116. The lowest BCUT2D eigenvalue weighted by Crippen LogP contribution is -2.30. The fourth-order valence-electron chi connectivity index (χ4n) is 2.58. The fourth-order valence-corrected chi connectivity index (χ4v) is 2.58. The number of H-pyrrole nitrogens is 1. The molecule has 124 valence electrons. The van der Waals surface area contributed by atoms with E-state index in [1.54, 1.807) is 24.3 Å². The molecule has 0 saturated carbocycles. The highest BCUT2D eigenvalue weighted by molar-refractivity contribution is 6.21. The summed E-state index contributed by atoms with van der Waals surface area (Å²) in [7, 11) is 0. The van der Waals surface area contributed by atoms with Gasteiger partial charge in [-0.05, 0) is 30.2 Å². The Kier molecular flexibility index (Phi) is 4.59. The summed E-state index contributed by atoms with van der Waals surface area (Å²) < 4.78 is 0. The maximum Gasteiger partial charge on any atom is 0.269 e. The molecule has 0 fully saturated rings. The number of benzene rings is 1. The Hall–Kier alpha value is -3.10. The summed E-state index contributed by atoms with van der Waals surface area (Å²) in [6, 6.07) is 6.82. The number of hydrogen-bond acceptors (Lipinski definition) is 6. The molecular formula is C15H16N6O3. The Morgan fingerprint density at radius 2 is 1.79 bits per heavy atom. The minimum atomic E-state index is -0.245. The molecule has 9 heteroatoms. The maximum atomic E-state index is 12.2. The Morgan fingerprint density at radius 1 is 1.08 bits per heavy atom. The predicted octanol–water partition coefficient (Wildman–Crippen LogP) is 0.995. The lowest BCUT2D eigenvalue weighted by Gasteiger charge is -2.13. The summed E-state index contributed by atoms with van der Waals surface area (Å²) in [5.74, 6) is -0.543. The molecule has 3 amide bonds. The van der Waals surface area contributed by atoms with E-state index in [2.05, 4.69) is 25.9 Å². The van der Waals surface area contributed by atoms with Crippen molar-refractivity contribution in [3.63, 3.8) is 0 Å². The van der Waals surface area contributed by atoms with Crippen molar-refractivity contribution in [2.45, 2.75) is 25.7 Å². The van der Waals surface area contributed by atoms with Gasteiger partial charge < -0.3 is 0 Å². The molecule has 2 aromatic rings.